The Morgan fingerprint density at radius 1 is 0.789 bits per heavy atom. The Labute approximate surface area is 222 Å². The number of fused-ring (bicyclic) bond motifs is 3. The average molecular weight is 517 g/mol. The van der Waals surface area contributed by atoms with Crippen LogP contribution >= 0.6 is 0 Å². The summed E-state index contributed by atoms with van der Waals surface area (Å²) in [6, 6.07) is 24.1. The van der Waals surface area contributed by atoms with E-state index in [-0.39, 0.29) is 25.7 Å². The number of hydrogen-bond donors (Lipinski definition) is 2. The largest absolute Gasteiger partial charge is 0.458 e. The van der Waals surface area contributed by atoms with Crippen molar-refractivity contribution < 1.29 is 28.6 Å². The molecule has 8 nitrogen and oxygen atoms in total. The van der Waals surface area contributed by atoms with Crippen molar-refractivity contribution in [3.8, 4) is 11.1 Å². The summed E-state index contributed by atoms with van der Waals surface area (Å²) in [6.45, 7) is 5.08. The van der Waals surface area contributed by atoms with E-state index in [1.807, 2.05) is 66.7 Å². The fraction of sp³-hybridized carbons (Fsp3) is 0.300. The number of alkyl carbamates (subject to hydrolysis) is 2. The maximum atomic E-state index is 12.7. The Bertz CT molecular complexity index is 1240. The van der Waals surface area contributed by atoms with Crippen LogP contribution in [0.15, 0.2) is 78.9 Å². The maximum Gasteiger partial charge on any atom is 0.408 e. The molecule has 0 radical (unpaired) electrons. The smallest absolute Gasteiger partial charge is 0.408 e. The zero-order valence-corrected chi connectivity index (χ0v) is 21.7. The zero-order chi connectivity index (χ0) is 27.1. The van der Waals surface area contributed by atoms with Crippen molar-refractivity contribution in [2.75, 3.05) is 13.2 Å². The number of benzene rings is 3. The summed E-state index contributed by atoms with van der Waals surface area (Å²) in [5, 5.41) is 5.05. The number of carbonyl (C=O) groups is 3. The standard InChI is InChI=1S/C30H32N2O6/c1-30(2,3)38-27(33)26(32-29(35)36-18-20-11-5-4-6-12-20)17-31-28(34)37-19-25-23-15-9-7-13-21(23)22-14-8-10-16-24(22)25/h4-16,25-26H,17-19H2,1-3H3,(H,31,34)(H,32,35). The van der Waals surface area contributed by atoms with E-state index >= 15 is 0 Å². The molecule has 0 spiro atoms. The topological polar surface area (TPSA) is 103 Å². The van der Waals surface area contributed by atoms with Crippen LogP contribution in [0.1, 0.15) is 43.4 Å². The molecule has 2 N–H and O–H groups in total. The molecule has 4 rings (SSSR count). The van der Waals surface area contributed by atoms with Crippen LogP contribution in [0.4, 0.5) is 9.59 Å². The molecule has 3 aromatic rings. The molecule has 1 aliphatic carbocycles. The minimum atomic E-state index is -1.17. The predicted octanol–water partition coefficient (Wildman–Crippen LogP) is 5.16. The number of rotatable bonds is 8. The average Bonchev–Trinajstić information content (AvgIpc) is 3.22. The third-order valence-electron chi connectivity index (χ3n) is 5.99. The van der Waals surface area contributed by atoms with Gasteiger partial charge in [0.25, 0.3) is 0 Å². The molecular formula is C30H32N2O6. The number of amides is 2. The predicted molar refractivity (Wildman–Crippen MR) is 142 cm³/mol. The van der Waals surface area contributed by atoms with E-state index in [1.54, 1.807) is 20.8 Å². The molecule has 1 atom stereocenters. The van der Waals surface area contributed by atoms with E-state index in [0.717, 1.165) is 27.8 Å². The maximum absolute atomic E-state index is 12.7. The van der Waals surface area contributed by atoms with E-state index in [1.165, 1.54) is 0 Å². The first-order valence-corrected chi connectivity index (χ1v) is 12.5. The Morgan fingerprint density at radius 2 is 1.37 bits per heavy atom. The highest BCUT2D eigenvalue weighted by Crippen LogP contribution is 2.44. The second kappa shape index (κ2) is 11.8. The molecule has 198 valence electrons. The van der Waals surface area contributed by atoms with Crippen LogP contribution in [0, 0.1) is 0 Å². The molecule has 0 saturated carbocycles. The van der Waals surface area contributed by atoms with Gasteiger partial charge in [0.15, 0.2) is 0 Å². The van der Waals surface area contributed by atoms with Crippen molar-refractivity contribution in [1.82, 2.24) is 10.6 Å². The fourth-order valence-electron chi connectivity index (χ4n) is 4.31. The normalized spacial score (nSPS) is 13.0. The summed E-state index contributed by atoms with van der Waals surface area (Å²) in [5.41, 5.74) is 4.45. The van der Waals surface area contributed by atoms with Crippen molar-refractivity contribution in [3.63, 3.8) is 0 Å². The first-order chi connectivity index (χ1) is 18.2. The monoisotopic (exact) mass is 516 g/mol. The lowest BCUT2D eigenvalue weighted by Gasteiger charge is -2.24. The van der Waals surface area contributed by atoms with E-state index in [4.69, 9.17) is 14.2 Å². The summed E-state index contributed by atoms with van der Waals surface area (Å²) in [5.74, 6) is -0.797. The number of carbonyl (C=O) groups excluding carboxylic acids is 3. The lowest BCUT2D eigenvalue weighted by atomic mass is 9.98. The van der Waals surface area contributed by atoms with Gasteiger partial charge in [0.1, 0.15) is 24.9 Å². The zero-order valence-electron chi connectivity index (χ0n) is 21.7. The third-order valence-corrected chi connectivity index (χ3v) is 5.99. The molecule has 2 amide bonds. The second-order valence-corrected chi connectivity index (χ2v) is 10.00. The van der Waals surface area contributed by atoms with Gasteiger partial charge in [0, 0.05) is 5.92 Å². The van der Waals surface area contributed by atoms with Crippen LogP contribution in [-0.2, 0) is 25.6 Å². The van der Waals surface area contributed by atoms with E-state index in [9.17, 15) is 14.4 Å². The summed E-state index contributed by atoms with van der Waals surface area (Å²) in [4.78, 5) is 37.7. The number of nitrogens with one attached hydrogen (secondary N) is 2. The third kappa shape index (κ3) is 6.91. The van der Waals surface area contributed by atoms with Gasteiger partial charge in [-0.3, -0.25) is 0 Å². The fourth-order valence-corrected chi connectivity index (χ4v) is 4.31. The lowest BCUT2D eigenvalue weighted by Crippen LogP contribution is -2.50. The van der Waals surface area contributed by atoms with E-state index < -0.39 is 29.8 Å². The van der Waals surface area contributed by atoms with Crippen LogP contribution in [-0.4, -0.2) is 43.0 Å². The van der Waals surface area contributed by atoms with Gasteiger partial charge in [0.05, 0.1) is 6.54 Å². The van der Waals surface area contributed by atoms with E-state index in [2.05, 4.69) is 22.8 Å². The quantitative estimate of drug-likeness (QED) is 0.317. The molecule has 1 unspecified atom stereocenters. The molecule has 0 aliphatic heterocycles. The molecule has 0 saturated heterocycles. The van der Waals surface area contributed by atoms with E-state index in [0.29, 0.717) is 0 Å². The Morgan fingerprint density at radius 3 is 1.97 bits per heavy atom. The Kier molecular flexibility index (Phi) is 8.31. The van der Waals surface area contributed by atoms with Gasteiger partial charge in [-0.2, -0.15) is 0 Å². The lowest BCUT2D eigenvalue weighted by molar-refractivity contribution is -0.157. The minimum Gasteiger partial charge on any atom is -0.458 e. The molecule has 1 aliphatic rings. The van der Waals surface area contributed by atoms with Crippen LogP contribution in [0.2, 0.25) is 0 Å². The number of hydrogen-bond acceptors (Lipinski definition) is 6. The summed E-state index contributed by atoms with van der Waals surface area (Å²) >= 11 is 0. The van der Waals surface area contributed by atoms with Gasteiger partial charge >= 0.3 is 18.2 Å². The van der Waals surface area contributed by atoms with Crippen molar-refractivity contribution >= 4 is 18.2 Å². The molecule has 0 heterocycles. The summed E-state index contributed by atoms with van der Waals surface area (Å²) in [7, 11) is 0. The molecule has 8 heteroatoms. The molecule has 0 bridgehead atoms. The van der Waals surface area contributed by atoms with Gasteiger partial charge < -0.3 is 24.8 Å². The van der Waals surface area contributed by atoms with Gasteiger partial charge in [0.2, 0.25) is 0 Å². The first kappa shape index (κ1) is 26.7. The van der Waals surface area contributed by atoms with Crippen molar-refractivity contribution in [2.24, 2.45) is 0 Å². The van der Waals surface area contributed by atoms with Crippen molar-refractivity contribution in [2.45, 2.75) is 44.9 Å². The SMILES string of the molecule is CC(C)(C)OC(=O)C(CNC(=O)OCC1c2ccccc2-c2ccccc21)NC(=O)OCc1ccccc1. The van der Waals surface area contributed by atoms with Crippen molar-refractivity contribution in [1.29, 1.82) is 0 Å². The Balaban J connectivity index is 1.34. The first-order valence-electron chi connectivity index (χ1n) is 12.5. The van der Waals surface area contributed by atoms with Crippen LogP contribution in [0.3, 0.4) is 0 Å². The molecule has 0 aromatic heterocycles. The highest BCUT2D eigenvalue weighted by Gasteiger charge is 2.30. The van der Waals surface area contributed by atoms with Gasteiger partial charge in [-0.15, -0.1) is 0 Å². The van der Waals surface area contributed by atoms with Crippen LogP contribution < -0.4 is 10.6 Å². The van der Waals surface area contributed by atoms with Gasteiger partial charge in [-0.1, -0.05) is 78.9 Å². The Hall–Kier alpha value is -4.33. The summed E-state index contributed by atoms with van der Waals surface area (Å²) < 4.78 is 16.2. The van der Waals surface area contributed by atoms with Crippen LogP contribution in [0.5, 0.6) is 0 Å². The second-order valence-electron chi connectivity index (χ2n) is 10.00. The van der Waals surface area contributed by atoms with Gasteiger partial charge in [-0.25, -0.2) is 14.4 Å². The van der Waals surface area contributed by atoms with Crippen LogP contribution in [0.25, 0.3) is 11.1 Å². The molecule has 38 heavy (non-hydrogen) atoms. The minimum absolute atomic E-state index is 0.0352. The highest BCUT2D eigenvalue weighted by molar-refractivity contribution is 5.83. The number of ether oxygens (including phenoxy) is 3. The number of esters is 1. The van der Waals surface area contributed by atoms with Crippen molar-refractivity contribution in [3.05, 3.63) is 95.6 Å². The molecular weight excluding hydrogens is 484 g/mol. The van der Waals surface area contributed by atoms with Gasteiger partial charge in [-0.05, 0) is 48.6 Å². The highest BCUT2D eigenvalue weighted by atomic mass is 16.6. The molecule has 3 aromatic carbocycles. The summed E-state index contributed by atoms with van der Waals surface area (Å²) in [6.07, 6.45) is -1.51. The molecule has 0 fully saturated rings.